The van der Waals surface area contributed by atoms with Crippen LogP contribution < -0.4 is 20.1 Å². The SMILES string of the molecule is CC(C)(CCCCc1ccc(CCOc2ccc(SNc3ncc(C(=O)NCCOCCOCC(=O)NCCOCCOCC(=O)O)cn3)cc2)cc1)CC(C)(C)C(=O)O. The Labute approximate surface area is 357 Å². The van der Waals surface area contributed by atoms with Crippen molar-refractivity contribution in [1.29, 1.82) is 0 Å². The second-order valence-corrected chi connectivity index (χ2v) is 16.3. The highest BCUT2D eigenvalue weighted by atomic mass is 32.2. The van der Waals surface area contributed by atoms with Crippen molar-refractivity contribution in [3.63, 3.8) is 0 Å². The largest absolute Gasteiger partial charge is 0.493 e. The second-order valence-electron chi connectivity index (χ2n) is 15.5. The molecule has 0 fully saturated rings. The molecule has 0 spiro atoms. The number of carbonyl (C=O) groups is 4. The highest BCUT2D eigenvalue weighted by molar-refractivity contribution is 8.00. The lowest BCUT2D eigenvalue weighted by atomic mass is 9.72. The number of benzene rings is 2. The summed E-state index contributed by atoms with van der Waals surface area (Å²) in [6.07, 6.45) is 8.49. The summed E-state index contributed by atoms with van der Waals surface area (Å²) in [7, 11) is 0. The molecule has 0 aliphatic heterocycles. The molecule has 17 heteroatoms. The number of rotatable bonds is 32. The number of nitrogens with zero attached hydrogens (tertiary/aromatic N) is 2. The van der Waals surface area contributed by atoms with Gasteiger partial charge < -0.3 is 44.5 Å². The van der Waals surface area contributed by atoms with E-state index in [-0.39, 0.29) is 83.2 Å². The molecule has 1 heterocycles. The first-order chi connectivity index (χ1) is 28.7. The first-order valence-corrected chi connectivity index (χ1v) is 20.9. The molecule has 0 saturated heterocycles. The van der Waals surface area contributed by atoms with Crippen LogP contribution in [0.5, 0.6) is 5.75 Å². The fourth-order valence-electron chi connectivity index (χ4n) is 6.08. The summed E-state index contributed by atoms with van der Waals surface area (Å²) >= 11 is 1.34. The maximum atomic E-state index is 12.5. The second kappa shape index (κ2) is 27.1. The molecule has 0 bridgehead atoms. The van der Waals surface area contributed by atoms with Gasteiger partial charge in [-0.2, -0.15) is 0 Å². The monoisotopic (exact) mass is 855 g/mol. The summed E-state index contributed by atoms with van der Waals surface area (Å²) in [5.41, 5.74) is 2.10. The Balaban J connectivity index is 1.20. The van der Waals surface area contributed by atoms with Crippen molar-refractivity contribution >= 4 is 41.6 Å². The van der Waals surface area contributed by atoms with Gasteiger partial charge in [0.15, 0.2) is 0 Å². The van der Waals surface area contributed by atoms with Gasteiger partial charge >= 0.3 is 11.9 Å². The predicted octanol–water partition coefficient (Wildman–Crippen LogP) is 5.45. The molecule has 2 amide bonds. The number of anilines is 1. The van der Waals surface area contributed by atoms with Crippen LogP contribution in [0.15, 0.2) is 65.8 Å². The quantitative estimate of drug-likeness (QED) is 0.0390. The van der Waals surface area contributed by atoms with Gasteiger partial charge in [0.25, 0.3) is 5.91 Å². The number of carbonyl (C=O) groups excluding carboxylic acids is 2. The lowest BCUT2D eigenvalue weighted by molar-refractivity contribution is -0.148. The molecule has 2 aromatic carbocycles. The summed E-state index contributed by atoms with van der Waals surface area (Å²) in [4.78, 5) is 55.5. The van der Waals surface area contributed by atoms with Gasteiger partial charge in [-0.05, 0) is 92.3 Å². The third kappa shape index (κ3) is 21.4. The first-order valence-electron chi connectivity index (χ1n) is 20.1. The minimum atomic E-state index is -1.04. The van der Waals surface area contributed by atoms with Gasteiger partial charge in [0.05, 0.1) is 57.2 Å². The minimum Gasteiger partial charge on any atom is -0.493 e. The molecule has 5 N–H and O–H groups in total. The molecular formula is C43H61N5O11S. The van der Waals surface area contributed by atoms with Crippen LogP contribution in [0.3, 0.4) is 0 Å². The number of unbranched alkanes of at least 4 members (excludes halogenated alkanes) is 1. The summed E-state index contributed by atoms with van der Waals surface area (Å²) in [6, 6.07) is 16.4. The Morgan fingerprint density at radius 3 is 1.88 bits per heavy atom. The van der Waals surface area contributed by atoms with E-state index in [4.69, 9.17) is 28.8 Å². The molecule has 0 aliphatic carbocycles. The van der Waals surface area contributed by atoms with Crippen molar-refractivity contribution in [3.05, 3.63) is 77.6 Å². The number of ether oxygens (including phenoxy) is 5. The fraction of sp³-hybridized carbons (Fsp3) is 0.535. The van der Waals surface area contributed by atoms with Gasteiger partial charge in [0.2, 0.25) is 11.9 Å². The van der Waals surface area contributed by atoms with Gasteiger partial charge in [-0.1, -0.05) is 44.5 Å². The first kappa shape index (κ1) is 49.6. The van der Waals surface area contributed by atoms with Crippen LogP contribution in [-0.4, -0.2) is 116 Å². The lowest BCUT2D eigenvalue weighted by Gasteiger charge is -2.32. The van der Waals surface area contributed by atoms with Gasteiger partial charge in [0.1, 0.15) is 19.0 Å². The highest BCUT2D eigenvalue weighted by Crippen LogP contribution is 2.37. The van der Waals surface area contributed by atoms with E-state index in [1.54, 1.807) is 13.8 Å². The number of carboxylic acids is 2. The van der Waals surface area contributed by atoms with Crippen LogP contribution in [0, 0.1) is 10.8 Å². The zero-order valence-corrected chi connectivity index (χ0v) is 36.0. The molecular weight excluding hydrogens is 795 g/mol. The number of aromatic nitrogens is 2. The van der Waals surface area contributed by atoms with Gasteiger partial charge in [0, 0.05) is 36.8 Å². The average Bonchev–Trinajstić information content (AvgIpc) is 3.21. The predicted molar refractivity (Wildman–Crippen MR) is 227 cm³/mol. The molecule has 0 radical (unpaired) electrons. The number of aryl methyl sites for hydroxylation is 1. The summed E-state index contributed by atoms with van der Waals surface area (Å²) in [6.45, 7) is 9.89. The van der Waals surface area contributed by atoms with E-state index in [2.05, 4.69) is 63.4 Å². The summed E-state index contributed by atoms with van der Waals surface area (Å²) < 4.78 is 29.8. The highest BCUT2D eigenvalue weighted by Gasteiger charge is 2.34. The van der Waals surface area contributed by atoms with E-state index < -0.39 is 17.4 Å². The van der Waals surface area contributed by atoms with E-state index in [9.17, 15) is 24.3 Å². The number of nitrogens with one attached hydrogen (secondary N) is 3. The molecule has 0 atom stereocenters. The number of hydrogen-bond acceptors (Lipinski definition) is 13. The standard InChI is InChI=1S/C43H61N5O11S/c1-42(2,31-43(3,4)40(53)54)17-6-5-7-32-8-10-33(11-9-32)16-20-59-35-12-14-36(15-13-35)60-48-41-46-27-34(28-47-41)39(52)45-19-22-56-23-25-57-29-37(49)44-18-21-55-24-26-58-30-38(50)51/h8-15,27-28H,5-7,16-26,29-31H2,1-4H3,(H,44,49)(H,45,52)(H,50,51)(H,53,54)(H,46,47,48). The molecule has 330 valence electrons. The normalized spacial score (nSPS) is 11.5. The van der Waals surface area contributed by atoms with E-state index in [1.165, 1.54) is 35.5 Å². The Hall–Kier alpha value is -4.81. The molecule has 1 aromatic heterocycles. The van der Waals surface area contributed by atoms with E-state index in [0.29, 0.717) is 24.5 Å². The van der Waals surface area contributed by atoms with E-state index in [1.807, 2.05) is 24.3 Å². The zero-order valence-electron chi connectivity index (χ0n) is 35.2. The number of amides is 2. The molecule has 16 nitrogen and oxygen atoms in total. The van der Waals surface area contributed by atoms with E-state index >= 15 is 0 Å². The van der Waals surface area contributed by atoms with Crippen molar-refractivity contribution in [1.82, 2.24) is 20.6 Å². The number of aliphatic carboxylic acids is 2. The van der Waals surface area contributed by atoms with Crippen molar-refractivity contribution in [3.8, 4) is 5.75 Å². The van der Waals surface area contributed by atoms with Crippen molar-refractivity contribution in [2.24, 2.45) is 10.8 Å². The van der Waals surface area contributed by atoms with Crippen LogP contribution >= 0.6 is 11.9 Å². The summed E-state index contributed by atoms with van der Waals surface area (Å²) in [5.74, 6) is -1.29. The molecule has 60 heavy (non-hydrogen) atoms. The Kier molecular flexibility index (Phi) is 22.4. The lowest BCUT2D eigenvalue weighted by Crippen LogP contribution is -2.31. The van der Waals surface area contributed by atoms with Crippen molar-refractivity contribution < 1.29 is 53.1 Å². The number of hydrogen-bond donors (Lipinski definition) is 5. The maximum absolute atomic E-state index is 12.5. The van der Waals surface area contributed by atoms with Crippen molar-refractivity contribution in [2.45, 2.75) is 71.1 Å². The van der Waals surface area contributed by atoms with Crippen molar-refractivity contribution in [2.75, 3.05) is 77.3 Å². The van der Waals surface area contributed by atoms with Crippen LogP contribution in [0.25, 0.3) is 0 Å². The minimum absolute atomic E-state index is 0.00996. The van der Waals surface area contributed by atoms with Crippen LogP contribution in [-0.2, 0) is 46.2 Å². The zero-order chi connectivity index (χ0) is 43.6. The molecule has 3 aromatic rings. The Morgan fingerprint density at radius 2 is 1.27 bits per heavy atom. The Morgan fingerprint density at radius 1 is 0.683 bits per heavy atom. The number of carboxylic acid groups (broad SMARTS) is 2. The summed E-state index contributed by atoms with van der Waals surface area (Å²) in [5, 5.41) is 23.3. The fourth-order valence-corrected chi connectivity index (χ4v) is 6.66. The van der Waals surface area contributed by atoms with Crippen LogP contribution in [0.4, 0.5) is 5.95 Å². The topological polar surface area (TPSA) is 217 Å². The third-order valence-electron chi connectivity index (χ3n) is 9.05. The molecule has 0 unspecified atom stereocenters. The van der Waals surface area contributed by atoms with Gasteiger partial charge in [-0.3, -0.25) is 19.1 Å². The van der Waals surface area contributed by atoms with Gasteiger partial charge in [-0.15, -0.1) is 0 Å². The molecule has 0 aliphatic rings. The van der Waals surface area contributed by atoms with Crippen LogP contribution in [0.1, 0.15) is 74.9 Å². The Bertz CT molecular complexity index is 1730. The van der Waals surface area contributed by atoms with E-state index in [0.717, 1.165) is 42.7 Å². The average molecular weight is 856 g/mol. The molecule has 0 saturated carbocycles. The third-order valence-corrected chi connectivity index (χ3v) is 9.84. The van der Waals surface area contributed by atoms with Gasteiger partial charge in [-0.25, -0.2) is 14.8 Å². The van der Waals surface area contributed by atoms with Crippen LogP contribution in [0.2, 0.25) is 0 Å². The maximum Gasteiger partial charge on any atom is 0.329 e. The smallest absolute Gasteiger partial charge is 0.329 e. The molecule has 3 rings (SSSR count).